The fraction of sp³-hybridized carbons (Fsp3) is 0.615. The zero-order valence-electron chi connectivity index (χ0n) is 11.6. The summed E-state index contributed by atoms with van der Waals surface area (Å²) < 4.78 is 7.34. The van der Waals surface area contributed by atoms with Gasteiger partial charge in [-0.15, -0.1) is 0 Å². The van der Waals surface area contributed by atoms with E-state index in [1.165, 1.54) is 0 Å². The fourth-order valence-corrected chi connectivity index (χ4v) is 2.62. The fourth-order valence-electron chi connectivity index (χ4n) is 2.62. The van der Waals surface area contributed by atoms with Crippen molar-refractivity contribution in [2.45, 2.75) is 52.1 Å². The summed E-state index contributed by atoms with van der Waals surface area (Å²) in [5.41, 5.74) is 8.73. The molecule has 2 aromatic heterocycles. The van der Waals surface area contributed by atoms with E-state index in [0.29, 0.717) is 11.7 Å². The molecule has 0 amide bonds. The van der Waals surface area contributed by atoms with E-state index in [9.17, 15) is 0 Å². The van der Waals surface area contributed by atoms with Gasteiger partial charge in [-0.25, -0.2) is 0 Å². The van der Waals surface area contributed by atoms with E-state index in [0.717, 1.165) is 42.8 Å². The van der Waals surface area contributed by atoms with Crippen molar-refractivity contribution in [3.63, 3.8) is 0 Å². The van der Waals surface area contributed by atoms with E-state index in [2.05, 4.69) is 22.2 Å². The largest absolute Gasteiger partial charge is 0.334 e. The van der Waals surface area contributed by atoms with Crippen LogP contribution in [0, 0.1) is 13.8 Å². The molecule has 0 aliphatic heterocycles. The number of rotatable bonds is 3. The van der Waals surface area contributed by atoms with Crippen LogP contribution in [0.2, 0.25) is 0 Å². The molecule has 1 aliphatic rings. The molecule has 1 saturated carbocycles. The molecule has 2 N–H and O–H groups in total. The molecule has 102 valence electrons. The molecule has 0 aromatic carbocycles. The van der Waals surface area contributed by atoms with E-state index >= 15 is 0 Å². The molecule has 2 heterocycles. The molecule has 0 radical (unpaired) electrons. The average molecular weight is 261 g/mol. The number of aryl methyl sites for hydroxylation is 2. The van der Waals surface area contributed by atoms with Crippen molar-refractivity contribution in [2.24, 2.45) is 5.73 Å². The molecule has 0 spiro atoms. The molecular formula is C13H19N5O. The SMILES string of the molecule is CCn1nc(C)c(-c2nc(C3(N)CCC3)no2)c1C. The lowest BCUT2D eigenvalue weighted by Gasteiger charge is -2.34. The maximum atomic E-state index is 6.22. The smallest absolute Gasteiger partial charge is 0.261 e. The lowest BCUT2D eigenvalue weighted by atomic mass is 9.77. The quantitative estimate of drug-likeness (QED) is 0.912. The Labute approximate surface area is 112 Å². The summed E-state index contributed by atoms with van der Waals surface area (Å²) >= 11 is 0. The average Bonchev–Trinajstić information content (AvgIpc) is 2.91. The van der Waals surface area contributed by atoms with E-state index in [1.807, 2.05) is 18.5 Å². The van der Waals surface area contributed by atoms with Gasteiger partial charge in [-0.05, 0) is 40.0 Å². The van der Waals surface area contributed by atoms with Crippen molar-refractivity contribution < 1.29 is 4.52 Å². The summed E-state index contributed by atoms with van der Waals surface area (Å²) in [5.74, 6) is 1.15. The van der Waals surface area contributed by atoms with Gasteiger partial charge < -0.3 is 10.3 Å². The highest BCUT2D eigenvalue weighted by Gasteiger charge is 2.39. The van der Waals surface area contributed by atoms with Gasteiger partial charge in [0.05, 0.1) is 16.8 Å². The standard InChI is InChI=1S/C13H19N5O/c1-4-18-9(3)10(8(2)16-18)11-15-12(17-19-11)13(14)6-5-7-13/h4-7,14H2,1-3H3. The highest BCUT2D eigenvalue weighted by Crippen LogP contribution is 2.38. The third-order valence-electron chi connectivity index (χ3n) is 4.01. The Morgan fingerprint density at radius 2 is 2.11 bits per heavy atom. The third-order valence-corrected chi connectivity index (χ3v) is 4.01. The number of hydrogen-bond acceptors (Lipinski definition) is 5. The van der Waals surface area contributed by atoms with Crippen molar-refractivity contribution in [3.8, 4) is 11.5 Å². The first-order valence-electron chi connectivity index (χ1n) is 6.72. The lowest BCUT2D eigenvalue weighted by molar-refractivity contribution is 0.229. The Kier molecular flexibility index (Phi) is 2.70. The highest BCUT2D eigenvalue weighted by molar-refractivity contribution is 5.59. The topological polar surface area (TPSA) is 82.8 Å². The van der Waals surface area contributed by atoms with Crippen LogP contribution in [0.4, 0.5) is 0 Å². The van der Waals surface area contributed by atoms with Crippen LogP contribution in [0.15, 0.2) is 4.52 Å². The van der Waals surface area contributed by atoms with Crippen LogP contribution in [0.3, 0.4) is 0 Å². The van der Waals surface area contributed by atoms with Crippen molar-refractivity contribution in [3.05, 3.63) is 17.2 Å². The second kappa shape index (κ2) is 4.16. The predicted octanol–water partition coefficient (Wildman–Crippen LogP) is 1.91. The van der Waals surface area contributed by atoms with Gasteiger partial charge in [0.2, 0.25) is 0 Å². The van der Waals surface area contributed by atoms with Crippen LogP contribution in [0.25, 0.3) is 11.5 Å². The monoisotopic (exact) mass is 261 g/mol. The van der Waals surface area contributed by atoms with Crippen molar-refractivity contribution in [1.29, 1.82) is 0 Å². The van der Waals surface area contributed by atoms with E-state index in [4.69, 9.17) is 10.3 Å². The summed E-state index contributed by atoms with van der Waals surface area (Å²) in [5, 5.41) is 8.52. The molecule has 0 atom stereocenters. The molecule has 3 rings (SSSR count). The minimum atomic E-state index is -0.385. The van der Waals surface area contributed by atoms with E-state index in [-0.39, 0.29) is 5.54 Å². The van der Waals surface area contributed by atoms with Crippen LogP contribution in [0.5, 0.6) is 0 Å². The van der Waals surface area contributed by atoms with Crippen molar-refractivity contribution in [2.75, 3.05) is 0 Å². The molecular weight excluding hydrogens is 242 g/mol. The molecule has 0 bridgehead atoms. The zero-order valence-corrected chi connectivity index (χ0v) is 11.6. The summed E-state index contributed by atoms with van der Waals surface area (Å²) in [6, 6.07) is 0. The number of nitrogens with zero attached hydrogens (tertiary/aromatic N) is 4. The maximum absolute atomic E-state index is 6.22. The van der Waals surface area contributed by atoms with Gasteiger partial charge in [-0.1, -0.05) is 5.16 Å². The minimum absolute atomic E-state index is 0.385. The molecule has 0 unspecified atom stereocenters. The predicted molar refractivity (Wildman–Crippen MR) is 70.4 cm³/mol. The number of hydrogen-bond donors (Lipinski definition) is 1. The molecule has 6 heteroatoms. The normalized spacial score (nSPS) is 17.5. The first-order valence-corrected chi connectivity index (χ1v) is 6.72. The molecule has 2 aromatic rings. The summed E-state index contributed by atoms with van der Waals surface area (Å²) in [4.78, 5) is 4.49. The molecule has 0 saturated heterocycles. The molecule has 19 heavy (non-hydrogen) atoms. The van der Waals surface area contributed by atoms with Crippen LogP contribution < -0.4 is 5.73 Å². The van der Waals surface area contributed by atoms with Crippen molar-refractivity contribution >= 4 is 0 Å². The maximum Gasteiger partial charge on any atom is 0.261 e. The number of nitrogens with two attached hydrogens (primary N) is 1. The van der Waals surface area contributed by atoms with Gasteiger partial charge in [-0.3, -0.25) is 4.68 Å². The van der Waals surface area contributed by atoms with Gasteiger partial charge in [-0.2, -0.15) is 10.1 Å². The van der Waals surface area contributed by atoms with E-state index < -0.39 is 0 Å². The van der Waals surface area contributed by atoms with Crippen LogP contribution in [-0.2, 0) is 12.1 Å². The first kappa shape index (κ1) is 12.3. The minimum Gasteiger partial charge on any atom is -0.334 e. The zero-order chi connectivity index (χ0) is 13.6. The van der Waals surface area contributed by atoms with Crippen molar-refractivity contribution in [1.82, 2.24) is 19.9 Å². The molecule has 6 nitrogen and oxygen atoms in total. The van der Waals surface area contributed by atoms with Gasteiger partial charge in [0.1, 0.15) is 0 Å². The number of aromatic nitrogens is 4. The second-order valence-electron chi connectivity index (χ2n) is 5.29. The van der Waals surface area contributed by atoms with Crippen LogP contribution in [-0.4, -0.2) is 19.9 Å². The van der Waals surface area contributed by atoms with E-state index in [1.54, 1.807) is 0 Å². The Morgan fingerprint density at radius 1 is 1.37 bits per heavy atom. The Bertz CT molecular complexity index is 609. The van der Waals surface area contributed by atoms with Crippen LogP contribution in [0.1, 0.15) is 43.4 Å². The Morgan fingerprint density at radius 3 is 2.63 bits per heavy atom. The second-order valence-corrected chi connectivity index (χ2v) is 5.29. The molecule has 1 aliphatic carbocycles. The molecule has 1 fully saturated rings. The van der Waals surface area contributed by atoms with Gasteiger partial charge >= 0.3 is 0 Å². The summed E-state index contributed by atoms with van der Waals surface area (Å²) in [6.45, 7) is 6.87. The Hall–Kier alpha value is -1.69. The summed E-state index contributed by atoms with van der Waals surface area (Å²) in [7, 11) is 0. The van der Waals surface area contributed by atoms with Gasteiger partial charge in [0.25, 0.3) is 5.89 Å². The highest BCUT2D eigenvalue weighted by atomic mass is 16.5. The van der Waals surface area contributed by atoms with Gasteiger partial charge in [0, 0.05) is 12.2 Å². The van der Waals surface area contributed by atoms with Crippen LogP contribution >= 0.6 is 0 Å². The van der Waals surface area contributed by atoms with Gasteiger partial charge in [0.15, 0.2) is 5.82 Å². The summed E-state index contributed by atoms with van der Waals surface area (Å²) in [6.07, 6.45) is 2.99. The first-order chi connectivity index (χ1) is 9.05. The Balaban J connectivity index is 2.01. The third kappa shape index (κ3) is 1.78. The lowest BCUT2D eigenvalue weighted by Crippen LogP contribution is -2.44.